The standard InChI is InChI=1S/C20H19F2NO6/c1-12(18(25)13-6-8-15(9-7-13)29-20(21)22)28-17(24)11-23-19(26)14-4-3-5-16(10-14)27-2/h3-10,12,20H,11H2,1-2H3,(H,23,26)/t12-/m1/s1. The average molecular weight is 407 g/mol. The number of carbonyl (C=O) groups is 3. The lowest BCUT2D eigenvalue weighted by molar-refractivity contribution is -0.145. The smallest absolute Gasteiger partial charge is 0.387 e. The first-order chi connectivity index (χ1) is 13.8. The van der Waals surface area contributed by atoms with Gasteiger partial charge in [0.15, 0.2) is 6.10 Å². The fourth-order valence-electron chi connectivity index (χ4n) is 2.35. The number of amides is 1. The van der Waals surface area contributed by atoms with Crippen molar-refractivity contribution in [2.45, 2.75) is 19.6 Å². The third-order valence-corrected chi connectivity index (χ3v) is 3.77. The largest absolute Gasteiger partial charge is 0.497 e. The lowest BCUT2D eigenvalue weighted by atomic mass is 10.1. The maximum Gasteiger partial charge on any atom is 0.387 e. The number of alkyl halides is 2. The molecule has 0 aliphatic rings. The Morgan fingerprint density at radius 2 is 1.69 bits per heavy atom. The first kappa shape index (κ1) is 21.8. The van der Waals surface area contributed by atoms with Crippen molar-refractivity contribution in [3.63, 3.8) is 0 Å². The number of rotatable bonds is 9. The predicted molar refractivity (Wildman–Crippen MR) is 98.3 cm³/mol. The molecule has 2 aromatic rings. The summed E-state index contributed by atoms with van der Waals surface area (Å²) in [5.74, 6) is -1.44. The van der Waals surface area contributed by atoms with Gasteiger partial charge < -0.3 is 19.5 Å². The first-order valence-corrected chi connectivity index (χ1v) is 8.51. The van der Waals surface area contributed by atoms with E-state index in [4.69, 9.17) is 9.47 Å². The van der Waals surface area contributed by atoms with Crippen molar-refractivity contribution in [1.82, 2.24) is 5.32 Å². The van der Waals surface area contributed by atoms with Crippen LogP contribution < -0.4 is 14.8 Å². The van der Waals surface area contributed by atoms with Crippen molar-refractivity contribution in [3.8, 4) is 11.5 Å². The van der Waals surface area contributed by atoms with Crippen molar-refractivity contribution in [1.29, 1.82) is 0 Å². The molecule has 7 nitrogen and oxygen atoms in total. The fourth-order valence-corrected chi connectivity index (χ4v) is 2.35. The van der Waals surface area contributed by atoms with Gasteiger partial charge in [-0.2, -0.15) is 8.78 Å². The summed E-state index contributed by atoms with van der Waals surface area (Å²) in [6.45, 7) is -2.04. The molecule has 1 amide bonds. The summed E-state index contributed by atoms with van der Waals surface area (Å²) in [5, 5.41) is 2.39. The van der Waals surface area contributed by atoms with Gasteiger partial charge in [0, 0.05) is 11.1 Å². The minimum atomic E-state index is -2.97. The summed E-state index contributed by atoms with van der Waals surface area (Å²) in [4.78, 5) is 36.2. The van der Waals surface area contributed by atoms with Crippen LogP contribution in [0.3, 0.4) is 0 Å². The van der Waals surface area contributed by atoms with Crippen LogP contribution in [0.4, 0.5) is 8.78 Å². The molecule has 0 fully saturated rings. The number of nitrogens with one attached hydrogen (secondary N) is 1. The third kappa shape index (κ3) is 6.56. The Hall–Kier alpha value is -3.49. The molecule has 1 atom stereocenters. The van der Waals surface area contributed by atoms with Crippen LogP contribution in [-0.2, 0) is 9.53 Å². The Morgan fingerprint density at radius 3 is 2.31 bits per heavy atom. The Labute approximate surface area is 165 Å². The number of esters is 1. The molecule has 0 saturated carbocycles. The number of carbonyl (C=O) groups excluding carboxylic acids is 3. The number of benzene rings is 2. The van der Waals surface area contributed by atoms with Crippen LogP contribution in [0.15, 0.2) is 48.5 Å². The monoisotopic (exact) mass is 407 g/mol. The molecule has 0 spiro atoms. The lowest BCUT2D eigenvalue weighted by Crippen LogP contribution is -2.34. The van der Waals surface area contributed by atoms with Crippen molar-refractivity contribution >= 4 is 17.7 Å². The first-order valence-electron chi connectivity index (χ1n) is 8.51. The number of hydrogen-bond donors (Lipinski definition) is 1. The van der Waals surface area contributed by atoms with Gasteiger partial charge >= 0.3 is 12.6 Å². The van der Waals surface area contributed by atoms with Gasteiger partial charge in [0.1, 0.15) is 18.0 Å². The quantitative estimate of drug-likeness (QED) is 0.508. The van der Waals surface area contributed by atoms with E-state index in [-0.39, 0.29) is 11.3 Å². The highest BCUT2D eigenvalue weighted by Crippen LogP contribution is 2.16. The second-order valence-corrected chi connectivity index (χ2v) is 5.81. The predicted octanol–water partition coefficient (Wildman–Crippen LogP) is 2.84. The molecule has 2 rings (SSSR count). The van der Waals surface area contributed by atoms with E-state index in [2.05, 4.69) is 10.1 Å². The molecule has 2 aromatic carbocycles. The van der Waals surface area contributed by atoms with Gasteiger partial charge in [0.25, 0.3) is 5.91 Å². The minimum absolute atomic E-state index is 0.0959. The van der Waals surface area contributed by atoms with Crippen molar-refractivity contribution in [2.75, 3.05) is 13.7 Å². The summed E-state index contributed by atoms with van der Waals surface area (Å²) in [6, 6.07) is 11.4. The molecular formula is C20H19F2NO6. The number of methoxy groups -OCH3 is 1. The fraction of sp³-hybridized carbons (Fsp3) is 0.250. The topological polar surface area (TPSA) is 90.9 Å². The number of halogens is 2. The van der Waals surface area contributed by atoms with Crippen LogP contribution in [0.25, 0.3) is 0 Å². The van der Waals surface area contributed by atoms with Gasteiger partial charge in [-0.25, -0.2) is 0 Å². The molecule has 154 valence electrons. The average Bonchev–Trinajstić information content (AvgIpc) is 2.71. The number of ketones is 1. The normalized spacial score (nSPS) is 11.5. The number of ether oxygens (including phenoxy) is 3. The Kier molecular flexibility index (Phi) is 7.64. The summed E-state index contributed by atoms with van der Waals surface area (Å²) < 4.78 is 38.5. The molecule has 0 unspecified atom stereocenters. The SMILES string of the molecule is COc1cccc(C(=O)NCC(=O)O[C@H](C)C(=O)c2ccc(OC(F)F)cc2)c1. The van der Waals surface area contributed by atoms with Crippen molar-refractivity contribution < 1.29 is 37.4 Å². The Balaban J connectivity index is 1.86. The summed E-state index contributed by atoms with van der Waals surface area (Å²) in [5.41, 5.74) is 0.458. The Bertz CT molecular complexity index is 870. The zero-order chi connectivity index (χ0) is 21.4. The number of Topliss-reactive ketones (excluding diaryl/α,β-unsaturated/α-hetero) is 1. The highest BCUT2D eigenvalue weighted by atomic mass is 19.3. The lowest BCUT2D eigenvalue weighted by Gasteiger charge is -2.13. The highest BCUT2D eigenvalue weighted by Gasteiger charge is 2.20. The van der Waals surface area contributed by atoms with Gasteiger partial charge in [-0.15, -0.1) is 0 Å². The van der Waals surface area contributed by atoms with Crippen LogP contribution in [0, 0.1) is 0 Å². The van der Waals surface area contributed by atoms with Crippen LogP contribution in [0.2, 0.25) is 0 Å². The van der Waals surface area contributed by atoms with E-state index >= 15 is 0 Å². The summed E-state index contributed by atoms with van der Waals surface area (Å²) in [6.07, 6.45) is -1.13. The summed E-state index contributed by atoms with van der Waals surface area (Å²) in [7, 11) is 1.46. The molecule has 1 N–H and O–H groups in total. The van der Waals surface area contributed by atoms with Crippen molar-refractivity contribution in [2.24, 2.45) is 0 Å². The second-order valence-electron chi connectivity index (χ2n) is 5.81. The zero-order valence-corrected chi connectivity index (χ0v) is 15.7. The van der Waals surface area contributed by atoms with E-state index in [0.29, 0.717) is 11.3 Å². The van der Waals surface area contributed by atoms with Crippen LogP contribution in [0.1, 0.15) is 27.6 Å². The van der Waals surface area contributed by atoms with Gasteiger partial charge in [0.05, 0.1) is 7.11 Å². The van der Waals surface area contributed by atoms with E-state index < -0.39 is 36.9 Å². The van der Waals surface area contributed by atoms with E-state index in [1.54, 1.807) is 18.2 Å². The number of hydrogen-bond acceptors (Lipinski definition) is 6. The van der Waals surface area contributed by atoms with Crippen LogP contribution in [0.5, 0.6) is 11.5 Å². The van der Waals surface area contributed by atoms with Gasteiger partial charge in [-0.05, 0) is 49.4 Å². The maximum atomic E-state index is 12.3. The van der Waals surface area contributed by atoms with Gasteiger partial charge in [-0.3, -0.25) is 14.4 Å². The molecule has 0 saturated heterocycles. The van der Waals surface area contributed by atoms with E-state index in [1.165, 1.54) is 44.4 Å². The molecule has 0 radical (unpaired) electrons. The molecule has 0 bridgehead atoms. The van der Waals surface area contributed by atoms with Crippen molar-refractivity contribution in [3.05, 3.63) is 59.7 Å². The van der Waals surface area contributed by atoms with E-state index in [9.17, 15) is 23.2 Å². The minimum Gasteiger partial charge on any atom is -0.497 e. The van der Waals surface area contributed by atoms with E-state index in [0.717, 1.165) is 0 Å². The maximum absolute atomic E-state index is 12.3. The van der Waals surface area contributed by atoms with Crippen LogP contribution in [-0.4, -0.2) is 44.0 Å². The zero-order valence-electron chi connectivity index (χ0n) is 15.7. The molecule has 0 aliphatic heterocycles. The second kappa shape index (κ2) is 10.2. The Morgan fingerprint density at radius 1 is 1.00 bits per heavy atom. The molecule has 0 aromatic heterocycles. The third-order valence-electron chi connectivity index (χ3n) is 3.77. The molecule has 0 heterocycles. The summed E-state index contributed by atoms with van der Waals surface area (Å²) >= 11 is 0. The molecule has 29 heavy (non-hydrogen) atoms. The molecule has 0 aliphatic carbocycles. The van der Waals surface area contributed by atoms with Gasteiger partial charge in [-0.1, -0.05) is 6.07 Å². The molecule has 9 heteroatoms. The van der Waals surface area contributed by atoms with Crippen LogP contribution >= 0.6 is 0 Å². The molecular weight excluding hydrogens is 388 g/mol. The highest BCUT2D eigenvalue weighted by molar-refractivity contribution is 6.00. The van der Waals surface area contributed by atoms with Gasteiger partial charge in [0.2, 0.25) is 5.78 Å². The van der Waals surface area contributed by atoms with E-state index in [1.807, 2.05) is 0 Å².